The van der Waals surface area contributed by atoms with Gasteiger partial charge in [-0.05, 0) is 12.2 Å². The van der Waals surface area contributed by atoms with E-state index >= 15 is 0 Å². The number of hydrogen-bond acceptors (Lipinski definition) is 1. The SMILES string of the molecule is CN(C(F)=S)C(Cl)(Cl)Cl. The van der Waals surface area contributed by atoms with Gasteiger partial charge in [0.1, 0.15) is 0 Å². The number of hydrogen-bond donors (Lipinski definition) is 0. The number of halogens is 4. The van der Waals surface area contributed by atoms with Crippen molar-refractivity contribution in [2.45, 2.75) is 3.92 Å². The Morgan fingerprint density at radius 2 is 1.89 bits per heavy atom. The van der Waals surface area contributed by atoms with E-state index < -0.39 is 9.16 Å². The number of thiocarbonyl (C=S) groups is 1. The zero-order valence-corrected chi connectivity index (χ0v) is 7.45. The van der Waals surface area contributed by atoms with Crippen LogP contribution in [0.1, 0.15) is 0 Å². The van der Waals surface area contributed by atoms with Crippen molar-refractivity contribution in [1.82, 2.24) is 4.90 Å². The van der Waals surface area contributed by atoms with E-state index in [4.69, 9.17) is 34.8 Å². The van der Waals surface area contributed by atoms with Gasteiger partial charge in [-0.2, -0.15) is 4.39 Å². The minimum Gasteiger partial charge on any atom is -0.298 e. The van der Waals surface area contributed by atoms with Crippen molar-refractivity contribution in [3.63, 3.8) is 0 Å². The molecule has 0 atom stereocenters. The van der Waals surface area contributed by atoms with Crippen LogP contribution in [0.2, 0.25) is 0 Å². The lowest BCUT2D eigenvalue weighted by atomic mass is 10.9. The average Bonchev–Trinajstić information content (AvgIpc) is 1.62. The molecule has 0 aromatic rings. The largest absolute Gasteiger partial charge is 0.298 e. The standard InChI is InChI=1S/C3H3Cl3FNS/c1-8(2(7)9)3(4,5)6/h1H3. The van der Waals surface area contributed by atoms with Crippen molar-refractivity contribution in [1.29, 1.82) is 0 Å². The molecule has 0 saturated carbocycles. The Bertz CT molecular complexity index is 123. The van der Waals surface area contributed by atoms with E-state index in [9.17, 15) is 4.39 Å². The number of alkyl halides is 3. The first-order chi connectivity index (χ1) is 3.85. The lowest BCUT2D eigenvalue weighted by Crippen LogP contribution is -2.33. The van der Waals surface area contributed by atoms with Gasteiger partial charge in [-0.25, -0.2) is 0 Å². The third-order valence-electron chi connectivity index (χ3n) is 0.644. The Hall–Kier alpha value is 0.690. The summed E-state index contributed by atoms with van der Waals surface area (Å²) in [6, 6.07) is 0. The summed E-state index contributed by atoms with van der Waals surface area (Å²) < 4.78 is 10.2. The molecule has 54 valence electrons. The van der Waals surface area contributed by atoms with E-state index in [1.165, 1.54) is 7.05 Å². The van der Waals surface area contributed by atoms with Gasteiger partial charge in [0.05, 0.1) is 0 Å². The molecule has 0 aromatic heterocycles. The van der Waals surface area contributed by atoms with Gasteiger partial charge in [-0.1, -0.05) is 34.8 Å². The molecule has 0 aliphatic rings. The topological polar surface area (TPSA) is 3.24 Å². The second-order valence-electron chi connectivity index (χ2n) is 1.28. The molecule has 0 spiro atoms. The summed E-state index contributed by atoms with van der Waals surface area (Å²) in [5.41, 5.74) is 0. The Labute approximate surface area is 72.7 Å². The number of rotatable bonds is 0. The minimum absolute atomic E-state index is 0.715. The van der Waals surface area contributed by atoms with Crippen LogP contribution < -0.4 is 0 Å². The highest BCUT2D eigenvalue weighted by molar-refractivity contribution is 7.79. The van der Waals surface area contributed by atoms with E-state index in [0.717, 1.165) is 0 Å². The summed E-state index contributed by atoms with van der Waals surface area (Å²) in [5, 5.41) is -0.949. The van der Waals surface area contributed by atoms with Crippen molar-refractivity contribution in [3.05, 3.63) is 0 Å². The predicted octanol–water partition coefficient (Wildman–Crippen LogP) is 2.50. The molecule has 0 heterocycles. The van der Waals surface area contributed by atoms with E-state index in [1.807, 2.05) is 0 Å². The summed E-state index contributed by atoms with van der Waals surface area (Å²) >= 11 is 19.7. The Morgan fingerprint density at radius 3 is 1.89 bits per heavy atom. The quantitative estimate of drug-likeness (QED) is 0.262. The monoisotopic (exact) mass is 209 g/mol. The van der Waals surface area contributed by atoms with Crippen LogP contribution >= 0.6 is 47.0 Å². The lowest BCUT2D eigenvalue weighted by Gasteiger charge is -2.22. The second kappa shape index (κ2) is 3.19. The molecule has 0 amide bonds. The van der Waals surface area contributed by atoms with Gasteiger partial charge in [-0.15, -0.1) is 0 Å². The third-order valence-corrected chi connectivity index (χ3v) is 1.68. The average molecular weight is 210 g/mol. The Morgan fingerprint density at radius 1 is 1.56 bits per heavy atom. The van der Waals surface area contributed by atoms with Crippen molar-refractivity contribution in [2.75, 3.05) is 7.05 Å². The summed E-state index contributed by atoms with van der Waals surface area (Å²) in [6.45, 7) is 0. The van der Waals surface area contributed by atoms with E-state index in [1.54, 1.807) is 0 Å². The summed E-state index contributed by atoms with van der Waals surface area (Å²) in [4.78, 5) is 0.715. The molecule has 6 heteroatoms. The molecule has 0 saturated heterocycles. The van der Waals surface area contributed by atoms with Crippen LogP contribution in [0, 0.1) is 0 Å². The predicted molar refractivity (Wildman–Crippen MR) is 41.8 cm³/mol. The molecule has 1 nitrogen and oxygen atoms in total. The molecule has 0 aliphatic carbocycles. The maximum Gasteiger partial charge on any atom is 0.270 e. The lowest BCUT2D eigenvalue weighted by molar-refractivity contribution is 0.470. The van der Waals surface area contributed by atoms with Crippen LogP contribution in [-0.2, 0) is 0 Å². The van der Waals surface area contributed by atoms with Gasteiger partial charge in [0.2, 0.25) is 0 Å². The highest BCUT2D eigenvalue weighted by atomic mass is 35.6. The number of nitrogens with zero attached hydrogens (tertiary/aromatic N) is 1. The molecule has 0 N–H and O–H groups in total. The van der Waals surface area contributed by atoms with Crippen molar-refractivity contribution >= 4 is 52.3 Å². The van der Waals surface area contributed by atoms with Crippen LogP contribution in [0.4, 0.5) is 4.39 Å². The second-order valence-corrected chi connectivity index (χ2v) is 3.84. The molecule has 0 unspecified atom stereocenters. The highest BCUT2D eigenvalue weighted by Gasteiger charge is 2.27. The third kappa shape index (κ3) is 3.40. The maximum absolute atomic E-state index is 12.0. The normalized spacial score (nSPS) is 11.2. The van der Waals surface area contributed by atoms with Crippen LogP contribution in [-0.4, -0.2) is 21.1 Å². The fourth-order valence-electron chi connectivity index (χ4n) is 0.0997. The minimum atomic E-state index is -1.79. The van der Waals surface area contributed by atoms with Gasteiger partial charge in [0.25, 0.3) is 9.16 Å². The van der Waals surface area contributed by atoms with Gasteiger partial charge in [-0.3, -0.25) is 4.90 Å². The maximum atomic E-state index is 12.0. The van der Waals surface area contributed by atoms with Crippen molar-refractivity contribution in [3.8, 4) is 0 Å². The Balaban J connectivity index is 4.04. The smallest absolute Gasteiger partial charge is 0.270 e. The van der Waals surface area contributed by atoms with Gasteiger partial charge < -0.3 is 0 Å². The summed E-state index contributed by atoms with van der Waals surface area (Å²) in [5.74, 6) is 0. The fraction of sp³-hybridized carbons (Fsp3) is 0.667. The molecular weight excluding hydrogens is 207 g/mol. The molecular formula is C3H3Cl3FNS. The van der Waals surface area contributed by atoms with Crippen LogP contribution in [0.3, 0.4) is 0 Å². The molecule has 0 fully saturated rings. The van der Waals surface area contributed by atoms with Crippen LogP contribution in [0.5, 0.6) is 0 Å². The van der Waals surface area contributed by atoms with Gasteiger partial charge in [0, 0.05) is 7.05 Å². The van der Waals surface area contributed by atoms with Gasteiger partial charge >= 0.3 is 0 Å². The molecule has 0 aliphatic heterocycles. The van der Waals surface area contributed by atoms with Crippen LogP contribution in [0.25, 0.3) is 0 Å². The zero-order valence-electron chi connectivity index (χ0n) is 4.37. The van der Waals surface area contributed by atoms with E-state index in [-0.39, 0.29) is 0 Å². The molecule has 0 radical (unpaired) electrons. The van der Waals surface area contributed by atoms with Crippen molar-refractivity contribution < 1.29 is 4.39 Å². The summed E-state index contributed by atoms with van der Waals surface area (Å²) in [7, 11) is 1.25. The first-order valence-electron chi connectivity index (χ1n) is 1.85. The van der Waals surface area contributed by atoms with Crippen LogP contribution in [0.15, 0.2) is 0 Å². The van der Waals surface area contributed by atoms with E-state index in [2.05, 4.69) is 12.2 Å². The zero-order chi connectivity index (χ0) is 7.65. The Kier molecular flexibility index (Phi) is 3.44. The fourth-order valence-corrected chi connectivity index (χ4v) is 0.610. The highest BCUT2D eigenvalue weighted by Crippen LogP contribution is 2.29. The molecule has 9 heavy (non-hydrogen) atoms. The van der Waals surface area contributed by atoms with Crippen molar-refractivity contribution in [2.24, 2.45) is 0 Å². The first-order valence-corrected chi connectivity index (χ1v) is 3.40. The molecule has 0 bridgehead atoms. The van der Waals surface area contributed by atoms with E-state index in [0.29, 0.717) is 4.90 Å². The summed E-state index contributed by atoms with van der Waals surface area (Å²) in [6.07, 6.45) is 0. The molecule has 0 aromatic carbocycles. The first kappa shape index (κ1) is 9.69. The molecule has 0 rings (SSSR count). The van der Waals surface area contributed by atoms with Gasteiger partial charge in [0.15, 0.2) is 0 Å².